The van der Waals surface area contributed by atoms with Gasteiger partial charge in [0.15, 0.2) is 0 Å². The average Bonchev–Trinajstić information content (AvgIpc) is 3.15. The van der Waals surface area contributed by atoms with E-state index in [1.165, 1.54) is 0 Å². The summed E-state index contributed by atoms with van der Waals surface area (Å²) in [7, 11) is 0. The smallest absolute Gasteiger partial charge is 0.319 e. The Bertz CT molecular complexity index is 651. The Balaban J connectivity index is 1.42. The first-order valence-electron chi connectivity index (χ1n) is 8.64. The molecule has 0 unspecified atom stereocenters. The molecule has 3 rings (SSSR count). The number of anilines is 1. The van der Waals surface area contributed by atoms with Crippen molar-refractivity contribution in [1.29, 1.82) is 0 Å². The highest BCUT2D eigenvalue weighted by Gasteiger charge is 2.17. The second-order valence-electron chi connectivity index (χ2n) is 6.23. The van der Waals surface area contributed by atoms with E-state index in [0.29, 0.717) is 12.6 Å². The number of rotatable bonds is 6. The van der Waals surface area contributed by atoms with E-state index in [9.17, 15) is 4.79 Å². The fourth-order valence-corrected chi connectivity index (χ4v) is 2.84. The molecule has 25 heavy (non-hydrogen) atoms. The summed E-state index contributed by atoms with van der Waals surface area (Å²) in [5.74, 6) is 0. The lowest BCUT2D eigenvalue weighted by Crippen LogP contribution is -2.47. The zero-order valence-corrected chi connectivity index (χ0v) is 14.5. The Hall–Kier alpha value is -2.38. The number of hydrogen-bond acceptors (Lipinski definition) is 4. The molecule has 2 N–H and O–H groups in total. The zero-order chi connectivity index (χ0) is 17.5. The number of morpholine rings is 1. The number of carbonyl (C=O) groups excluding carboxylic acids is 1. The second kappa shape index (κ2) is 8.64. The number of amides is 2. The van der Waals surface area contributed by atoms with Crippen LogP contribution in [0.2, 0.25) is 0 Å². The van der Waals surface area contributed by atoms with Gasteiger partial charge >= 0.3 is 6.03 Å². The molecule has 1 fully saturated rings. The molecule has 0 radical (unpaired) electrons. The summed E-state index contributed by atoms with van der Waals surface area (Å²) in [6, 6.07) is 9.82. The van der Waals surface area contributed by atoms with Crippen molar-refractivity contribution in [2.24, 2.45) is 0 Å². The Labute approximate surface area is 148 Å². The molecule has 2 aromatic rings. The Morgan fingerprint density at radius 1 is 1.28 bits per heavy atom. The highest BCUT2D eigenvalue weighted by atomic mass is 16.5. The molecule has 1 aliphatic rings. The summed E-state index contributed by atoms with van der Waals surface area (Å²) in [6.45, 7) is 6.82. The Morgan fingerprint density at radius 2 is 2.04 bits per heavy atom. The molecular formula is C18H25N5O2. The molecule has 1 aliphatic heterocycles. The van der Waals surface area contributed by atoms with Crippen LogP contribution in [-0.4, -0.2) is 59.6 Å². The number of carbonyl (C=O) groups is 1. The lowest BCUT2D eigenvalue weighted by Gasteiger charge is -2.32. The van der Waals surface area contributed by atoms with Crippen LogP contribution in [0.1, 0.15) is 12.5 Å². The van der Waals surface area contributed by atoms with Crippen LogP contribution in [0.25, 0.3) is 0 Å². The molecule has 1 atom stereocenters. The fraction of sp³-hybridized carbons (Fsp3) is 0.444. The minimum absolute atomic E-state index is 0.181. The molecule has 0 bridgehead atoms. The van der Waals surface area contributed by atoms with E-state index in [0.717, 1.165) is 44.1 Å². The molecule has 0 spiro atoms. The highest BCUT2D eigenvalue weighted by Crippen LogP contribution is 2.10. The SMILES string of the molecule is C[C@H](CNC(=O)Nc1ccc(Cn2cccn2)cc1)N1CCOCC1. The predicted octanol–water partition coefficient (Wildman–Crippen LogP) is 1.77. The number of benzene rings is 1. The van der Waals surface area contributed by atoms with E-state index < -0.39 is 0 Å². The van der Waals surface area contributed by atoms with Gasteiger partial charge in [-0.05, 0) is 30.7 Å². The number of nitrogens with one attached hydrogen (secondary N) is 2. The fourth-order valence-electron chi connectivity index (χ4n) is 2.84. The highest BCUT2D eigenvalue weighted by molar-refractivity contribution is 5.89. The van der Waals surface area contributed by atoms with Gasteiger partial charge < -0.3 is 15.4 Å². The molecule has 0 saturated carbocycles. The van der Waals surface area contributed by atoms with Gasteiger partial charge in [-0.3, -0.25) is 9.58 Å². The summed E-state index contributed by atoms with van der Waals surface area (Å²) >= 11 is 0. The molecule has 134 valence electrons. The van der Waals surface area contributed by atoms with Crippen molar-refractivity contribution < 1.29 is 9.53 Å². The van der Waals surface area contributed by atoms with E-state index in [4.69, 9.17) is 4.74 Å². The van der Waals surface area contributed by atoms with E-state index >= 15 is 0 Å². The molecule has 1 aromatic carbocycles. The standard InChI is InChI=1S/C18H25N5O2/c1-15(22-9-11-25-12-10-22)13-19-18(24)21-17-5-3-16(4-6-17)14-23-8-2-7-20-23/h2-8,15H,9-14H2,1H3,(H2,19,21,24)/t15-/m1/s1. The van der Waals surface area contributed by atoms with Crippen LogP contribution in [0.5, 0.6) is 0 Å². The summed E-state index contributed by atoms with van der Waals surface area (Å²) < 4.78 is 7.21. The summed E-state index contributed by atoms with van der Waals surface area (Å²) in [4.78, 5) is 14.4. The van der Waals surface area contributed by atoms with Crippen molar-refractivity contribution >= 4 is 11.7 Å². The van der Waals surface area contributed by atoms with E-state index in [1.54, 1.807) is 6.20 Å². The normalized spacial score (nSPS) is 16.4. The van der Waals surface area contributed by atoms with Crippen LogP contribution in [0.3, 0.4) is 0 Å². The van der Waals surface area contributed by atoms with E-state index in [1.807, 2.05) is 41.2 Å². The Kier molecular flexibility index (Phi) is 6.03. The topological polar surface area (TPSA) is 71.4 Å². The lowest BCUT2D eigenvalue weighted by molar-refractivity contribution is 0.0209. The van der Waals surface area contributed by atoms with Gasteiger partial charge in [-0.25, -0.2) is 4.79 Å². The number of nitrogens with zero attached hydrogens (tertiary/aromatic N) is 3. The van der Waals surface area contributed by atoms with Gasteiger partial charge in [-0.2, -0.15) is 5.10 Å². The quantitative estimate of drug-likeness (QED) is 0.839. The zero-order valence-electron chi connectivity index (χ0n) is 14.5. The molecule has 2 heterocycles. The van der Waals surface area contributed by atoms with Crippen LogP contribution < -0.4 is 10.6 Å². The van der Waals surface area contributed by atoms with Crippen LogP contribution >= 0.6 is 0 Å². The van der Waals surface area contributed by atoms with Gasteiger partial charge in [0.1, 0.15) is 0 Å². The number of urea groups is 1. The third kappa shape index (κ3) is 5.30. The maximum absolute atomic E-state index is 12.1. The molecule has 7 heteroatoms. The monoisotopic (exact) mass is 343 g/mol. The first-order valence-corrected chi connectivity index (χ1v) is 8.64. The van der Waals surface area contributed by atoms with Crippen LogP contribution in [0.15, 0.2) is 42.7 Å². The van der Waals surface area contributed by atoms with E-state index in [-0.39, 0.29) is 6.03 Å². The first kappa shape index (κ1) is 17.4. The minimum atomic E-state index is -0.181. The summed E-state index contributed by atoms with van der Waals surface area (Å²) in [6.07, 6.45) is 3.69. The molecule has 7 nitrogen and oxygen atoms in total. The molecule has 1 saturated heterocycles. The van der Waals surface area contributed by atoms with Crippen molar-refractivity contribution in [3.63, 3.8) is 0 Å². The van der Waals surface area contributed by atoms with Gasteiger partial charge in [0, 0.05) is 43.8 Å². The Morgan fingerprint density at radius 3 is 2.72 bits per heavy atom. The second-order valence-corrected chi connectivity index (χ2v) is 6.23. The van der Waals surface area contributed by atoms with Crippen molar-refractivity contribution in [3.8, 4) is 0 Å². The van der Waals surface area contributed by atoms with Crippen LogP contribution in [0.4, 0.5) is 10.5 Å². The summed E-state index contributed by atoms with van der Waals surface area (Å²) in [5.41, 5.74) is 1.91. The first-order chi connectivity index (χ1) is 12.2. The molecule has 2 amide bonds. The number of hydrogen-bond donors (Lipinski definition) is 2. The average molecular weight is 343 g/mol. The van der Waals surface area contributed by atoms with E-state index in [2.05, 4.69) is 27.6 Å². The van der Waals surface area contributed by atoms with Crippen molar-refractivity contribution in [3.05, 3.63) is 48.3 Å². The van der Waals surface area contributed by atoms with Gasteiger partial charge in [-0.1, -0.05) is 12.1 Å². The van der Waals surface area contributed by atoms with Gasteiger partial charge in [0.2, 0.25) is 0 Å². The molecular weight excluding hydrogens is 318 g/mol. The van der Waals surface area contributed by atoms with Gasteiger partial charge in [0.25, 0.3) is 0 Å². The summed E-state index contributed by atoms with van der Waals surface area (Å²) in [5, 5.41) is 9.99. The maximum atomic E-state index is 12.1. The van der Waals surface area contributed by atoms with Crippen molar-refractivity contribution in [2.45, 2.75) is 19.5 Å². The van der Waals surface area contributed by atoms with Crippen molar-refractivity contribution in [2.75, 3.05) is 38.2 Å². The van der Waals surface area contributed by atoms with Crippen LogP contribution in [-0.2, 0) is 11.3 Å². The number of ether oxygens (including phenoxy) is 1. The van der Waals surface area contributed by atoms with Gasteiger partial charge in [0.05, 0.1) is 19.8 Å². The lowest BCUT2D eigenvalue weighted by atomic mass is 10.2. The molecule has 0 aliphatic carbocycles. The largest absolute Gasteiger partial charge is 0.379 e. The third-order valence-electron chi connectivity index (χ3n) is 4.34. The third-order valence-corrected chi connectivity index (χ3v) is 4.34. The molecule has 1 aromatic heterocycles. The van der Waals surface area contributed by atoms with Gasteiger partial charge in [-0.15, -0.1) is 0 Å². The predicted molar refractivity (Wildman–Crippen MR) is 96.6 cm³/mol. The maximum Gasteiger partial charge on any atom is 0.319 e. The minimum Gasteiger partial charge on any atom is -0.379 e. The van der Waals surface area contributed by atoms with Crippen LogP contribution in [0, 0.1) is 0 Å². The van der Waals surface area contributed by atoms with Crippen molar-refractivity contribution in [1.82, 2.24) is 20.0 Å². The number of aromatic nitrogens is 2.